The third kappa shape index (κ3) is 2.56. The molecule has 1 N–H and O–H groups in total. The Labute approximate surface area is 113 Å². The van der Waals surface area contributed by atoms with Crippen LogP contribution < -0.4 is 10.1 Å². The smallest absolute Gasteiger partial charge is 0.406 e. The summed E-state index contributed by atoms with van der Waals surface area (Å²) in [6.07, 6.45) is -0.259. The van der Waals surface area contributed by atoms with Crippen LogP contribution in [0, 0.1) is 0 Å². The van der Waals surface area contributed by atoms with Gasteiger partial charge in [-0.2, -0.15) is 0 Å². The van der Waals surface area contributed by atoms with Crippen LogP contribution in [0.25, 0.3) is 0 Å². The molecule has 106 valence electrons. The summed E-state index contributed by atoms with van der Waals surface area (Å²) < 4.78 is 42.2. The fraction of sp³-hybridized carbons (Fsp3) is 0.308. The molecule has 0 saturated heterocycles. The second-order valence-corrected chi connectivity index (χ2v) is 4.51. The van der Waals surface area contributed by atoms with E-state index < -0.39 is 6.36 Å². The molecule has 2 heterocycles. The highest BCUT2D eigenvalue weighted by Gasteiger charge is 2.31. The fourth-order valence-electron chi connectivity index (χ4n) is 2.38. The number of hydrogen-bond donors (Lipinski definition) is 1. The summed E-state index contributed by atoms with van der Waals surface area (Å²) in [5, 5.41) is 3.16. The molecular formula is C13H12F3N3O. The summed E-state index contributed by atoms with van der Waals surface area (Å²) in [5.74, 6) is 0.568. The highest BCUT2D eigenvalue weighted by atomic mass is 19.4. The molecule has 1 aromatic carbocycles. The average Bonchev–Trinajstić information content (AvgIpc) is 2.86. The minimum absolute atomic E-state index is 0.0775. The molecule has 1 aromatic heterocycles. The van der Waals surface area contributed by atoms with Gasteiger partial charge in [0.15, 0.2) is 0 Å². The van der Waals surface area contributed by atoms with Crippen LogP contribution in [-0.2, 0) is 0 Å². The summed E-state index contributed by atoms with van der Waals surface area (Å²) in [5.41, 5.74) is 0.931. The number of aromatic nitrogens is 2. The molecule has 1 atom stereocenters. The van der Waals surface area contributed by atoms with Crippen LogP contribution in [0.2, 0.25) is 0 Å². The minimum atomic E-state index is -4.66. The van der Waals surface area contributed by atoms with E-state index in [9.17, 15) is 13.2 Å². The molecule has 2 aromatic rings. The lowest BCUT2D eigenvalue weighted by Crippen LogP contribution is -2.23. The average molecular weight is 283 g/mol. The Morgan fingerprint density at radius 2 is 2.00 bits per heavy atom. The van der Waals surface area contributed by atoms with Crippen molar-refractivity contribution in [1.82, 2.24) is 9.55 Å². The van der Waals surface area contributed by atoms with Crippen LogP contribution in [0.5, 0.6) is 5.75 Å². The van der Waals surface area contributed by atoms with Crippen molar-refractivity contribution in [3.63, 3.8) is 0 Å². The van der Waals surface area contributed by atoms with E-state index in [0.717, 1.165) is 24.5 Å². The van der Waals surface area contributed by atoms with Crippen LogP contribution in [0.4, 0.5) is 19.1 Å². The molecule has 0 fully saturated rings. The Hall–Kier alpha value is -2.18. The molecule has 0 aliphatic carbocycles. The van der Waals surface area contributed by atoms with E-state index in [0.29, 0.717) is 0 Å². The number of anilines is 1. The van der Waals surface area contributed by atoms with Crippen molar-refractivity contribution < 1.29 is 17.9 Å². The predicted octanol–water partition coefficient (Wildman–Crippen LogP) is 3.19. The van der Waals surface area contributed by atoms with Crippen molar-refractivity contribution in [3.05, 3.63) is 42.2 Å². The predicted molar refractivity (Wildman–Crippen MR) is 66.6 cm³/mol. The zero-order valence-electron chi connectivity index (χ0n) is 10.4. The van der Waals surface area contributed by atoms with Gasteiger partial charge < -0.3 is 14.6 Å². The molecule has 0 amide bonds. The summed E-state index contributed by atoms with van der Waals surface area (Å²) in [6.45, 7) is 0.780. The van der Waals surface area contributed by atoms with Crippen LogP contribution >= 0.6 is 0 Å². The van der Waals surface area contributed by atoms with E-state index in [-0.39, 0.29) is 11.8 Å². The number of rotatable bonds is 2. The molecule has 0 spiro atoms. The molecular weight excluding hydrogens is 271 g/mol. The molecule has 0 saturated carbocycles. The Morgan fingerprint density at radius 1 is 1.25 bits per heavy atom. The largest absolute Gasteiger partial charge is 0.573 e. The van der Waals surface area contributed by atoms with Crippen molar-refractivity contribution in [1.29, 1.82) is 0 Å². The lowest BCUT2D eigenvalue weighted by Gasteiger charge is -2.26. The standard InChI is InChI=1S/C13H12F3N3O/c14-13(15,16)20-10-3-1-9(2-4-10)11-5-6-17-12-18-7-8-19(11)12/h1-4,7-8,11H,5-6H2,(H,17,18). The van der Waals surface area contributed by atoms with Gasteiger partial charge in [-0.25, -0.2) is 4.98 Å². The molecule has 3 rings (SSSR count). The van der Waals surface area contributed by atoms with Gasteiger partial charge in [-0.1, -0.05) is 12.1 Å². The summed E-state index contributed by atoms with van der Waals surface area (Å²) in [6, 6.07) is 6.05. The molecule has 7 heteroatoms. The van der Waals surface area contributed by atoms with E-state index in [1.165, 1.54) is 12.1 Å². The molecule has 1 aliphatic heterocycles. The van der Waals surface area contributed by atoms with E-state index in [1.807, 2.05) is 10.8 Å². The molecule has 0 bridgehead atoms. The summed E-state index contributed by atoms with van der Waals surface area (Å²) in [7, 11) is 0. The topological polar surface area (TPSA) is 39.1 Å². The van der Waals surface area contributed by atoms with Gasteiger partial charge in [0.1, 0.15) is 5.75 Å². The Morgan fingerprint density at radius 3 is 2.70 bits per heavy atom. The molecule has 4 nitrogen and oxygen atoms in total. The van der Waals surface area contributed by atoms with Gasteiger partial charge in [0.05, 0.1) is 6.04 Å². The van der Waals surface area contributed by atoms with Gasteiger partial charge in [-0.3, -0.25) is 0 Å². The highest BCUT2D eigenvalue weighted by molar-refractivity contribution is 5.36. The molecule has 1 unspecified atom stereocenters. The van der Waals surface area contributed by atoms with Gasteiger partial charge in [0.25, 0.3) is 0 Å². The first-order valence-electron chi connectivity index (χ1n) is 6.15. The third-order valence-electron chi connectivity index (χ3n) is 3.20. The quantitative estimate of drug-likeness (QED) is 0.920. The molecule has 1 aliphatic rings. The highest BCUT2D eigenvalue weighted by Crippen LogP contribution is 2.30. The zero-order chi connectivity index (χ0) is 14.2. The number of nitrogens with one attached hydrogen (secondary N) is 1. The van der Waals surface area contributed by atoms with Gasteiger partial charge in [0, 0.05) is 18.9 Å². The first-order valence-corrected chi connectivity index (χ1v) is 6.15. The molecule has 0 radical (unpaired) electrons. The SMILES string of the molecule is FC(F)(F)Oc1ccc(C2CCNc3nccn32)cc1. The van der Waals surface area contributed by atoms with E-state index in [4.69, 9.17) is 0 Å². The zero-order valence-corrected chi connectivity index (χ0v) is 10.4. The van der Waals surface area contributed by atoms with Crippen LogP contribution in [0.15, 0.2) is 36.7 Å². The van der Waals surface area contributed by atoms with Crippen LogP contribution in [-0.4, -0.2) is 22.5 Å². The van der Waals surface area contributed by atoms with Crippen LogP contribution in [0.1, 0.15) is 18.0 Å². The summed E-state index contributed by atoms with van der Waals surface area (Å²) >= 11 is 0. The Balaban J connectivity index is 1.83. The maximum Gasteiger partial charge on any atom is 0.573 e. The van der Waals surface area contributed by atoms with Crippen molar-refractivity contribution in [3.8, 4) is 5.75 Å². The lowest BCUT2D eigenvalue weighted by molar-refractivity contribution is -0.274. The number of alkyl halides is 3. The fourth-order valence-corrected chi connectivity index (χ4v) is 2.38. The van der Waals surface area contributed by atoms with Crippen molar-refractivity contribution in [2.24, 2.45) is 0 Å². The van der Waals surface area contributed by atoms with Crippen molar-refractivity contribution in [2.75, 3.05) is 11.9 Å². The van der Waals surface area contributed by atoms with Gasteiger partial charge >= 0.3 is 6.36 Å². The van der Waals surface area contributed by atoms with Crippen molar-refractivity contribution >= 4 is 5.95 Å². The maximum atomic E-state index is 12.1. The maximum absolute atomic E-state index is 12.1. The normalized spacial score (nSPS) is 18.2. The van der Waals surface area contributed by atoms with Gasteiger partial charge in [-0.15, -0.1) is 13.2 Å². The number of halogens is 3. The number of fused-ring (bicyclic) bond motifs is 1. The van der Waals surface area contributed by atoms with Crippen molar-refractivity contribution in [2.45, 2.75) is 18.8 Å². The first kappa shape index (κ1) is 12.8. The number of benzene rings is 1. The third-order valence-corrected chi connectivity index (χ3v) is 3.20. The monoisotopic (exact) mass is 283 g/mol. The minimum Gasteiger partial charge on any atom is -0.406 e. The number of imidazole rings is 1. The van der Waals surface area contributed by atoms with Gasteiger partial charge in [-0.05, 0) is 24.1 Å². The summed E-state index contributed by atoms with van der Waals surface area (Å²) in [4.78, 5) is 4.18. The lowest BCUT2D eigenvalue weighted by atomic mass is 10.0. The number of hydrogen-bond acceptors (Lipinski definition) is 3. The number of ether oxygens (including phenoxy) is 1. The second kappa shape index (κ2) is 4.73. The molecule has 20 heavy (non-hydrogen) atoms. The first-order chi connectivity index (χ1) is 9.53. The van der Waals surface area contributed by atoms with Gasteiger partial charge in [0.2, 0.25) is 5.95 Å². The Bertz CT molecular complexity index is 592. The van der Waals surface area contributed by atoms with E-state index in [2.05, 4.69) is 15.0 Å². The van der Waals surface area contributed by atoms with E-state index in [1.54, 1.807) is 18.3 Å². The second-order valence-electron chi connectivity index (χ2n) is 4.51. The number of nitrogens with zero attached hydrogens (tertiary/aromatic N) is 2. The van der Waals surface area contributed by atoms with E-state index >= 15 is 0 Å². The Kier molecular flexibility index (Phi) is 3.04. The van der Waals surface area contributed by atoms with Crippen LogP contribution in [0.3, 0.4) is 0 Å².